The maximum absolute atomic E-state index is 11.2. The van der Waals surface area contributed by atoms with Crippen molar-refractivity contribution in [3.05, 3.63) is 48.0 Å². The lowest BCUT2D eigenvalue weighted by atomic mass is 10.1. The molecule has 0 bridgehead atoms. The molecule has 0 amide bonds. The van der Waals surface area contributed by atoms with Crippen LogP contribution < -0.4 is 0 Å². The number of carbonyl (C=O) groups excluding carboxylic acids is 2. The van der Waals surface area contributed by atoms with Gasteiger partial charge in [-0.15, -0.1) is 0 Å². The van der Waals surface area contributed by atoms with Gasteiger partial charge in [-0.3, -0.25) is 9.59 Å². The Kier molecular flexibility index (Phi) is 6.35. The molecule has 0 N–H and O–H groups in total. The van der Waals surface area contributed by atoms with E-state index < -0.39 is 0 Å². The molecule has 3 atom stereocenters. The van der Waals surface area contributed by atoms with Gasteiger partial charge in [0.25, 0.3) is 0 Å². The Morgan fingerprint density at radius 1 is 0.957 bits per heavy atom. The number of hydrogen-bond acceptors (Lipinski definition) is 5. The van der Waals surface area contributed by atoms with Crippen molar-refractivity contribution in [1.29, 1.82) is 0 Å². The summed E-state index contributed by atoms with van der Waals surface area (Å²) in [5.41, 5.74) is 1.07. The van der Waals surface area contributed by atoms with Crippen LogP contribution in [-0.2, 0) is 30.4 Å². The van der Waals surface area contributed by atoms with Gasteiger partial charge in [-0.2, -0.15) is 0 Å². The lowest BCUT2D eigenvalue weighted by Gasteiger charge is -2.22. The van der Waals surface area contributed by atoms with E-state index in [1.807, 2.05) is 30.3 Å². The van der Waals surface area contributed by atoms with Gasteiger partial charge >= 0.3 is 11.9 Å². The highest BCUT2D eigenvalue weighted by molar-refractivity contribution is 5.66. The molecule has 0 fully saturated rings. The monoisotopic (exact) mass is 318 g/mol. The van der Waals surface area contributed by atoms with Crippen molar-refractivity contribution in [3.8, 4) is 0 Å². The van der Waals surface area contributed by atoms with Gasteiger partial charge in [-0.25, -0.2) is 0 Å². The van der Waals surface area contributed by atoms with Crippen LogP contribution in [0.4, 0.5) is 0 Å². The van der Waals surface area contributed by atoms with Crippen molar-refractivity contribution >= 4 is 11.9 Å². The number of hydrogen-bond donors (Lipinski definition) is 0. The van der Waals surface area contributed by atoms with E-state index in [9.17, 15) is 9.59 Å². The first-order chi connectivity index (χ1) is 11.0. The number of rotatable bonds is 5. The Hall–Kier alpha value is -2.14. The van der Waals surface area contributed by atoms with Crippen LogP contribution in [0.2, 0.25) is 0 Å². The topological polar surface area (TPSA) is 61.8 Å². The summed E-state index contributed by atoms with van der Waals surface area (Å²) in [5.74, 6) is -0.681. The Labute approximate surface area is 136 Å². The molecule has 0 spiro atoms. The fourth-order valence-electron chi connectivity index (χ4n) is 2.54. The molecule has 0 aromatic heterocycles. The van der Waals surface area contributed by atoms with Crippen LogP contribution in [0.15, 0.2) is 42.5 Å². The van der Waals surface area contributed by atoms with Crippen LogP contribution in [0.25, 0.3) is 0 Å². The minimum absolute atomic E-state index is 0.168. The molecule has 1 aliphatic carbocycles. The van der Waals surface area contributed by atoms with E-state index in [2.05, 4.69) is 0 Å². The highest BCUT2D eigenvalue weighted by atomic mass is 16.6. The van der Waals surface area contributed by atoms with Crippen molar-refractivity contribution in [2.75, 3.05) is 0 Å². The molecule has 0 aliphatic heterocycles. The summed E-state index contributed by atoms with van der Waals surface area (Å²) in [6, 6.07) is 9.84. The largest absolute Gasteiger partial charge is 0.458 e. The first-order valence-electron chi connectivity index (χ1n) is 7.71. The lowest BCUT2D eigenvalue weighted by molar-refractivity contribution is -0.146. The van der Waals surface area contributed by atoms with Crippen molar-refractivity contribution < 1.29 is 23.8 Å². The number of ether oxygens (including phenoxy) is 3. The van der Waals surface area contributed by atoms with Gasteiger partial charge in [0.1, 0.15) is 12.2 Å². The van der Waals surface area contributed by atoms with Gasteiger partial charge in [0.2, 0.25) is 0 Å². The SMILES string of the molecule is CC(=O)O[C@@H]1C=C[C@H](OC(C)=O)CC(OCc2ccccc2)C1. The highest BCUT2D eigenvalue weighted by Gasteiger charge is 2.25. The average Bonchev–Trinajstić information content (AvgIpc) is 2.67. The van der Waals surface area contributed by atoms with Crippen LogP contribution in [0.3, 0.4) is 0 Å². The Bertz CT molecular complexity index is 524. The molecule has 124 valence electrons. The van der Waals surface area contributed by atoms with Crippen molar-refractivity contribution in [3.63, 3.8) is 0 Å². The molecule has 1 aromatic rings. The third-order valence-corrected chi connectivity index (χ3v) is 3.49. The van der Waals surface area contributed by atoms with E-state index in [1.54, 1.807) is 12.2 Å². The molecular weight excluding hydrogens is 296 g/mol. The zero-order chi connectivity index (χ0) is 16.7. The minimum atomic E-state index is -0.367. The predicted molar refractivity (Wildman–Crippen MR) is 84.5 cm³/mol. The third kappa shape index (κ3) is 6.24. The zero-order valence-corrected chi connectivity index (χ0v) is 13.4. The van der Waals surface area contributed by atoms with E-state index >= 15 is 0 Å². The second kappa shape index (κ2) is 8.48. The predicted octanol–water partition coefficient (Wildman–Crippen LogP) is 2.79. The summed E-state index contributed by atoms with van der Waals surface area (Å²) >= 11 is 0. The van der Waals surface area contributed by atoms with Crippen LogP contribution in [-0.4, -0.2) is 30.3 Å². The Morgan fingerprint density at radius 3 is 1.96 bits per heavy atom. The fraction of sp³-hybridized carbons (Fsp3) is 0.444. The second-order valence-corrected chi connectivity index (χ2v) is 5.57. The molecule has 0 saturated heterocycles. The summed E-state index contributed by atoms with van der Waals surface area (Å²) in [7, 11) is 0. The van der Waals surface area contributed by atoms with E-state index in [1.165, 1.54) is 13.8 Å². The van der Waals surface area contributed by atoms with Crippen LogP contribution >= 0.6 is 0 Å². The first kappa shape index (κ1) is 17.2. The summed E-state index contributed by atoms with van der Waals surface area (Å²) < 4.78 is 16.5. The molecule has 1 aromatic carbocycles. The second-order valence-electron chi connectivity index (χ2n) is 5.57. The zero-order valence-electron chi connectivity index (χ0n) is 13.4. The van der Waals surface area contributed by atoms with Crippen molar-refractivity contribution in [1.82, 2.24) is 0 Å². The quantitative estimate of drug-likeness (QED) is 0.617. The molecule has 23 heavy (non-hydrogen) atoms. The van der Waals surface area contributed by atoms with E-state index in [0.29, 0.717) is 19.4 Å². The van der Waals surface area contributed by atoms with E-state index in [-0.39, 0.29) is 30.3 Å². The molecule has 5 nitrogen and oxygen atoms in total. The van der Waals surface area contributed by atoms with Gasteiger partial charge in [0.05, 0.1) is 12.7 Å². The smallest absolute Gasteiger partial charge is 0.303 e. The number of benzene rings is 1. The maximum Gasteiger partial charge on any atom is 0.303 e. The number of esters is 2. The summed E-state index contributed by atoms with van der Waals surface area (Å²) in [5, 5.41) is 0. The normalized spacial score (nSPS) is 23.8. The van der Waals surface area contributed by atoms with Crippen LogP contribution in [0.5, 0.6) is 0 Å². The molecule has 0 radical (unpaired) electrons. The van der Waals surface area contributed by atoms with E-state index in [0.717, 1.165) is 5.56 Å². The van der Waals surface area contributed by atoms with Crippen molar-refractivity contribution in [2.24, 2.45) is 0 Å². The van der Waals surface area contributed by atoms with Gasteiger partial charge in [0.15, 0.2) is 0 Å². The lowest BCUT2D eigenvalue weighted by Crippen LogP contribution is -2.25. The highest BCUT2D eigenvalue weighted by Crippen LogP contribution is 2.21. The molecule has 0 heterocycles. The molecular formula is C18H22O5. The molecule has 5 heteroatoms. The molecule has 1 unspecified atom stereocenters. The molecule has 1 aliphatic rings. The Balaban J connectivity index is 2.00. The molecule has 2 rings (SSSR count). The van der Waals surface area contributed by atoms with Gasteiger partial charge in [-0.05, 0) is 17.7 Å². The maximum atomic E-state index is 11.2. The third-order valence-electron chi connectivity index (χ3n) is 3.49. The van der Waals surface area contributed by atoms with Gasteiger partial charge < -0.3 is 14.2 Å². The summed E-state index contributed by atoms with van der Waals surface area (Å²) in [6.45, 7) is 3.22. The van der Waals surface area contributed by atoms with Crippen LogP contribution in [0.1, 0.15) is 32.3 Å². The fourth-order valence-corrected chi connectivity index (χ4v) is 2.54. The summed E-state index contributed by atoms with van der Waals surface area (Å²) in [4.78, 5) is 22.4. The van der Waals surface area contributed by atoms with Crippen molar-refractivity contribution in [2.45, 2.75) is 51.6 Å². The molecule has 0 saturated carbocycles. The Morgan fingerprint density at radius 2 is 1.48 bits per heavy atom. The first-order valence-corrected chi connectivity index (χ1v) is 7.71. The number of carbonyl (C=O) groups is 2. The van der Waals surface area contributed by atoms with Gasteiger partial charge in [-0.1, -0.05) is 30.3 Å². The van der Waals surface area contributed by atoms with Gasteiger partial charge in [0, 0.05) is 26.7 Å². The minimum Gasteiger partial charge on any atom is -0.458 e. The van der Waals surface area contributed by atoms with Crippen LogP contribution in [0, 0.1) is 0 Å². The standard InChI is InChI=1S/C18H22O5/c1-13(19)22-16-8-9-17(23-14(2)20)11-18(10-16)21-12-15-6-4-3-5-7-15/h3-9,16-18H,10-12H2,1-2H3/t16-,17+,18?. The average molecular weight is 318 g/mol. The summed E-state index contributed by atoms with van der Waals surface area (Å²) in [6.07, 6.45) is 3.71. The van der Waals surface area contributed by atoms with E-state index in [4.69, 9.17) is 14.2 Å².